The number of rotatable bonds is 4. The molecule has 1 aromatic carbocycles. The Morgan fingerprint density at radius 1 is 1.20 bits per heavy atom. The number of nitrogens with zero attached hydrogens (tertiary/aromatic N) is 2. The van der Waals surface area contributed by atoms with Crippen molar-refractivity contribution in [2.45, 2.75) is 38.6 Å². The summed E-state index contributed by atoms with van der Waals surface area (Å²) < 4.78 is 2.29. The number of aryl methyl sites for hydroxylation is 1. The molecule has 1 aromatic heterocycles. The molecule has 2 aromatic rings. The highest BCUT2D eigenvalue weighted by Gasteiger charge is 2.18. The van der Waals surface area contributed by atoms with Crippen molar-refractivity contribution in [3.8, 4) is 0 Å². The van der Waals surface area contributed by atoms with Crippen molar-refractivity contribution in [1.29, 1.82) is 0 Å². The lowest BCUT2D eigenvalue weighted by atomic mass is 10.1. The smallest absolute Gasteiger partial charge is 0.0671 e. The molecule has 1 aliphatic heterocycles. The van der Waals surface area contributed by atoms with Crippen molar-refractivity contribution in [2.24, 2.45) is 0 Å². The Kier molecular flexibility index (Phi) is 4.16. The lowest BCUT2D eigenvalue weighted by molar-refractivity contribution is 0.335. The van der Waals surface area contributed by atoms with Gasteiger partial charge in [0.1, 0.15) is 0 Å². The first-order chi connectivity index (χ1) is 9.86. The number of hydrogen-bond donors (Lipinski definition) is 1. The minimum absolute atomic E-state index is 0.579. The van der Waals surface area contributed by atoms with Crippen LogP contribution in [0, 0.1) is 0 Å². The predicted octanol–water partition coefficient (Wildman–Crippen LogP) is 2.96. The van der Waals surface area contributed by atoms with Crippen LogP contribution in [0.4, 0.5) is 0 Å². The summed E-state index contributed by atoms with van der Waals surface area (Å²) in [6, 6.07) is 13.5. The summed E-state index contributed by atoms with van der Waals surface area (Å²) in [6.07, 6.45) is 4.39. The van der Waals surface area contributed by atoms with E-state index in [-0.39, 0.29) is 0 Å². The second kappa shape index (κ2) is 6.23. The van der Waals surface area contributed by atoms with Gasteiger partial charge < -0.3 is 5.32 Å². The molecule has 1 fully saturated rings. The van der Waals surface area contributed by atoms with Gasteiger partial charge in [-0.05, 0) is 44.0 Å². The zero-order valence-electron chi connectivity index (χ0n) is 12.2. The van der Waals surface area contributed by atoms with Crippen LogP contribution in [0.5, 0.6) is 0 Å². The van der Waals surface area contributed by atoms with Crippen molar-refractivity contribution >= 4 is 0 Å². The maximum absolute atomic E-state index is 4.89. The van der Waals surface area contributed by atoms with Crippen molar-refractivity contribution in [3.05, 3.63) is 53.3 Å². The SMILES string of the molecule is CCc1cc(Cc2ccccc2)nn1C1CCNCC1. The fraction of sp³-hybridized carbons (Fsp3) is 0.471. The molecular weight excluding hydrogens is 246 g/mol. The van der Waals surface area contributed by atoms with Gasteiger partial charge >= 0.3 is 0 Å². The monoisotopic (exact) mass is 269 g/mol. The second-order valence-corrected chi connectivity index (χ2v) is 5.57. The van der Waals surface area contributed by atoms with E-state index in [1.807, 2.05) is 0 Å². The fourth-order valence-electron chi connectivity index (χ4n) is 3.01. The van der Waals surface area contributed by atoms with Gasteiger partial charge in [0.2, 0.25) is 0 Å². The van der Waals surface area contributed by atoms with Gasteiger partial charge in [-0.3, -0.25) is 4.68 Å². The third-order valence-corrected chi connectivity index (χ3v) is 4.11. The highest BCUT2D eigenvalue weighted by Crippen LogP contribution is 2.22. The molecule has 0 spiro atoms. The summed E-state index contributed by atoms with van der Waals surface area (Å²) in [5.74, 6) is 0. The van der Waals surface area contributed by atoms with E-state index in [2.05, 4.69) is 53.3 Å². The van der Waals surface area contributed by atoms with Gasteiger partial charge in [-0.25, -0.2) is 0 Å². The van der Waals surface area contributed by atoms with Crippen molar-refractivity contribution in [2.75, 3.05) is 13.1 Å². The minimum atomic E-state index is 0.579. The van der Waals surface area contributed by atoms with Gasteiger partial charge in [-0.2, -0.15) is 5.10 Å². The highest BCUT2D eigenvalue weighted by molar-refractivity contribution is 5.23. The van der Waals surface area contributed by atoms with Crippen LogP contribution >= 0.6 is 0 Å². The lowest BCUT2D eigenvalue weighted by Gasteiger charge is -2.24. The van der Waals surface area contributed by atoms with E-state index in [0.29, 0.717) is 6.04 Å². The average molecular weight is 269 g/mol. The Bertz CT molecular complexity index is 539. The summed E-state index contributed by atoms with van der Waals surface area (Å²) in [5.41, 5.74) is 3.92. The molecule has 0 bridgehead atoms. The normalized spacial score (nSPS) is 16.4. The quantitative estimate of drug-likeness (QED) is 0.925. The number of aromatic nitrogens is 2. The molecule has 0 radical (unpaired) electrons. The van der Waals surface area contributed by atoms with Crippen molar-refractivity contribution in [3.63, 3.8) is 0 Å². The molecule has 20 heavy (non-hydrogen) atoms. The van der Waals surface area contributed by atoms with Gasteiger partial charge in [0.25, 0.3) is 0 Å². The van der Waals surface area contributed by atoms with Crippen LogP contribution in [-0.4, -0.2) is 22.9 Å². The Labute approximate surface area is 121 Å². The van der Waals surface area contributed by atoms with E-state index in [1.54, 1.807) is 0 Å². The van der Waals surface area contributed by atoms with Gasteiger partial charge in [-0.1, -0.05) is 37.3 Å². The molecule has 0 saturated carbocycles. The van der Waals surface area contributed by atoms with Crippen LogP contribution in [-0.2, 0) is 12.8 Å². The summed E-state index contributed by atoms with van der Waals surface area (Å²) >= 11 is 0. The molecule has 0 amide bonds. The van der Waals surface area contributed by atoms with Crippen LogP contribution in [0.3, 0.4) is 0 Å². The number of benzene rings is 1. The highest BCUT2D eigenvalue weighted by atomic mass is 15.3. The Morgan fingerprint density at radius 3 is 2.65 bits per heavy atom. The van der Waals surface area contributed by atoms with Crippen LogP contribution in [0.1, 0.15) is 42.8 Å². The molecule has 2 heterocycles. The third kappa shape index (κ3) is 2.93. The molecule has 1 N–H and O–H groups in total. The van der Waals surface area contributed by atoms with E-state index < -0.39 is 0 Å². The molecule has 106 valence electrons. The molecule has 3 heteroatoms. The maximum Gasteiger partial charge on any atom is 0.0671 e. The van der Waals surface area contributed by atoms with E-state index >= 15 is 0 Å². The number of nitrogens with one attached hydrogen (secondary N) is 1. The molecule has 1 saturated heterocycles. The van der Waals surface area contributed by atoms with Crippen LogP contribution in [0.2, 0.25) is 0 Å². The standard InChI is InChI=1S/C17H23N3/c1-2-16-13-15(12-14-6-4-3-5-7-14)19-20(16)17-8-10-18-11-9-17/h3-7,13,17-18H,2,8-12H2,1H3. The Morgan fingerprint density at radius 2 is 1.95 bits per heavy atom. The van der Waals surface area contributed by atoms with Gasteiger partial charge in [0.05, 0.1) is 11.7 Å². The van der Waals surface area contributed by atoms with Crippen molar-refractivity contribution < 1.29 is 0 Å². The van der Waals surface area contributed by atoms with E-state index in [1.165, 1.54) is 29.8 Å². The first-order valence-electron chi connectivity index (χ1n) is 7.68. The van der Waals surface area contributed by atoms with Gasteiger partial charge in [0, 0.05) is 12.1 Å². The molecular formula is C17H23N3. The third-order valence-electron chi connectivity index (χ3n) is 4.11. The van der Waals surface area contributed by atoms with Crippen molar-refractivity contribution in [1.82, 2.24) is 15.1 Å². The van der Waals surface area contributed by atoms with Crippen LogP contribution in [0.25, 0.3) is 0 Å². The topological polar surface area (TPSA) is 29.9 Å². The summed E-state index contributed by atoms with van der Waals surface area (Å²) in [6.45, 7) is 4.45. The Hall–Kier alpha value is -1.61. The zero-order valence-corrected chi connectivity index (χ0v) is 12.2. The summed E-state index contributed by atoms with van der Waals surface area (Å²) in [4.78, 5) is 0. The maximum atomic E-state index is 4.89. The van der Waals surface area contributed by atoms with Crippen LogP contribution in [0.15, 0.2) is 36.4 Å². The first kappa shape index (κ1) is 13.4. The molecule has 3 rings (SSSR count). The number of piperidine rings is 1. The largest absolute Gasteiger partial charge is 0.317 e. The summed E-state index contributed by atoms with van der Waals surface area (Å²) in [7, 11) is 0. The van der Waals surface area contributed by atoms with Crippen LogP contribution < -0.4 is 5.32 Å². The molecule has 0 atom stereocenters. The van der Waals surface area contributed by atoms with Gasteiger partial charge in [0.15, 0.2) is 0 Å². The average Bonchev–Trinajstić information content (AvgIpc) is 2.92. The van der Waals surface area contributed by atoms with E-state index in [9.17, 15) is 0 Å². The van der Waals surface area contributed by atoms with Gasteiger partial charge in [-0.15, -0.1) is 0 Å². The second-order valence-electron chi connectivity index (χ2n) is 5.57. The molecule has 0 unspecified atom stereocenters. The minimum Gasteiger partial charge on any atom is -0.317 e. The number of hydrogen-bond acceptors (Lipinski definition) is 2. The molecule has 0 aliphatic carbocycles. The summed E-state index contributed by atoms with van der Waals surface area (Å²) in [5, 5.41) is 8.32. The molecule has 1 aliphatic rings. The first-order valence-corrected chi connectivity index (χ1v) is 7.68. The fourth-order valence-corrected chi connectivity index (χ4v) is 3.01. The van der Waals surface area contributed by atoms with E-state index in [4.69, 9.17) is 5.10 Å². The van der Waals surface area contributed by atoms with E-state index in [0.717, 1.165) is 25.9 Å². The Balaban J connectivity index is 1.81. The zero-order chi connectivity index (χ0) is 13.8. The lowest BCUT2D eigenvalue weighted by Crippen LogP contribution is -2.30. The molecule has 3 nitrogen and oxygen atoms in total. The predicted molar refractivity (Wildman–Crippen MR) is 82.0 cm³/mol.